The molecule has 0 radical (unpaired) electrons. The zero-order chi connectivity index (χ0) is 25.3. The van der Waals surface area contributed by atoms with Crippen LogP contribution in [0.5, 0.6) is 0 Å². The minimum absolute atomic E-state index is 0.0704. The first-order valence-electron chi connectivity index (χ1n) is 10.4. The second-order valence-electron chi connectivity index (χ2n) is 8.77. The number of aromatic nitrogens is 4. The van der Waals surface area contributed by atoms with Gasteiger partial charge in [-0.2, -0.15) is 13.2 Å². The van der Waals surface area contributed by atoms with E-state index in [9.17, 15) is 17.7 Å². The normalized spacial score (nSPS) is 14.2. The van der Waals surface area contributed by atoms with Crippen molar-refractivity contribution in [2.24, 2.45) is 7.05 Å². The third-order valence-electron chi connectivity index (χ3n) is 4.93. The van der Waals surface area contributed by atoms with Crippen LogP contribution in [0.4, 0.5) is 19.0 Å². The topological polar surface area (TPSA) is 90.7 Å². The van der Waals surface area contributed by atoms with Crippen molar-refractivity contribution in [1.82, 2.24) is 24.2 Å². The highest BCUT2D eigenvalue weighted by Gasteiger charge is 2.34. The van der Waals surface area contributed by atoms with Gasteiger partial charge in [-0.05, 0) is 44.9 Å². The SMILES string of the molecule is CC(N[S+]([O-])C(C)(C)C)c1cnc(Cl)nc1NCc1ccc(-c2nc(C(F)(F)F)cn2C)cc1. The lowest BCUT2D eigenvalue weighted by Crippen LogP contribution is -2.40. The summed E-state index contributed by atoms with van der Waals surface area (Å²) in [5, 5.41) is 3.28. The van der Waals surface area contributed by atoms with Gasteiger partial charge in [0.25, 0.3) is 0 Å². The standard InChI is InChI=1S/C22H26ClF3N6OS/c1-13(31-34(33)21(2,3)4)16-11-28-20(23)30-18(16)27-10-14-6-8-15(9-7-14)19-29-17(12-32(19)5)22(24,25)26/h6-9,11-13,31H,10H2,1-5H3,(H,27,28,30). The van der Waals surface area contributed by atoms with Crippen molar-refractivity contribution < 1.29 is 17.7 Å². The molecule has 184 valence electrons. The summed E-state index contributed by atoms with van der Waals surface area (Å²) in [5.74, 6) is 0.720. The van der Waals surface area contributed by atoms with E-state index in [4.69, 9.17) is 11.6 Å². The summed E-state index contributed by atoms with van der Waals surface area (Å²) in [5.41, 5.74) is 1.20. The molecule has 2 aromatic heterocycles. The van der Waals surface area contributed by atoms with Crippen LogP contribution in [-0.4, -0.2) is 28.8 Å². The molecule has 2 unspecified atom stereocenters. The Morgan fingerprint density at radius 3 is 2.35 bits per heavy atom. The van der Waals surface area contributed by atoms with E-state index in [0.29, 0.717) is 23.5 Å². The van der Waals surface area contributed by atoms with Crippen LogP contribution in [0.1, 0.15) is 50.6 Å². The van der Waals surface area contributed by atoms with E-state index in [1.54, 1.807) is 30.5 Å². The van der Waals surface area contributed by atoms with E-state index < -0.39 is 28.0 Å². The third kappa shape index (κ3) is 6.41. The van der Waals surface area contributed by atoms with E-state index in [1.807, 2.05) is 27.7 Å². The molecule has 0 saturated carbocycles. The van der Waals surface area contributed by atoms with Crippen LogP contribution in [-0.2, 0) is 31.1 Å². The molecule has 0 bridgehead atoms. The average molecular weight is 515 g/mol. The molecule has 2 atom stereocenters. The first-order chi connectivity index (χ1) is 15.8. The molecule has 0 fully saturated rings. The van der Waals surface area contributed by atoms with E-state index in [-0.39, 0.29) is 17.1 Å². The van der Waals surface area contributed by atoms with Gasteiger partial charge in [0.2, 0.25) is 5.28 Å². The summed E-state index contributed by atoms with van der Waals surface area (Å²) in [6, 6.07) is 6.70. The lowest BCUT2D eigenvalue weighted by Gasteiger charge is -2.27. The highest BCUT2D eigenvalue weighted by molar-refractivity contribution is 7.90. The second-order valence-corrected chi connectivity index (χ2v) is 11.1. The van der Waals surface area contributed by atoms with Gasteiger partial charge < -0.3 is 14.4 Å². The van der Waals surface area contributed by atoms with E-state index in [1.165, 1.54) is 11.6 Å². The Labute approximate surface area is 204 Å². The minimum atomic E-state index is -4.50. The fraction of sp³-hybridized carbons (Fsp3) is 0.409. The quantitative estimate of drug-likeness (QED) is 0.329. The summed E-state index contributed by atoms with van der Waals surface area (Å²) in [6.07, 6.45) is -1.95. The first-order valence-corrected chi connectivity index (χ1v) is 11.9. The lowest BCUT2D eigenvalue weighted by molar-refractivity contribution is -0.140. The van der Waals surface area contributed by atoms with Gasteiger partial charge in [-0.3, -0.25) is 0 Å². The largest absolute Gasteiger partial charge is 0.598 e. The van der Waals surface area contributed by atoms with Crippen LogP contribution in [0.15, 0.2) is 36.7 Å². The molecule has 0 aliphatic heterocycles. The lowest BCUT2D eigenvalue weighted by atomic mass is 10.1. The Hall–Kier alpha value is -2.34. The van der Waals surface area contributed by atoms with E-state index in [0.717, 1.165) is 11.8 Å². The summed E-state index contributed by atoms with van der Waals surface area (Å²) in [6.45, 7) is 7.86. The fourth-order valence-electron chi connectivity index (χ4n) is 3.06. The van der Waals surface area contributed by atoms with Crippen molar-refractivity contribution in [3.63, 3.8) is 0 Å². The van der Waals surface area contributed by atoms with Crippen LogP contribution in [0, 0.1) is 0 Å². The van der Waals surface area contributed by atoms with Crippen LogP contribution in [0.25, 0.3) is 11.4 Å². The van der Waals surface area contributed by atoms with Crippen molar-refractivity contribution >= 4 is 28.8 Å². The van der Waals surface area contributed by atoms with Gasteiger partial charge in [0.1, 0.15) is 16.4 Å². The first kappa shape index (κ1) is 26.3. The Balaban J connectivity index is 1.74. The predicted octanol–water partition coefficient (Wildman–Crippen LogP) is 5.27. The number of nitrogens with zero attached hydrogens (tertiary/aromatic N) is 4. The van der Waals surface area contributed by atoms with Crippen molar-refractivity contribution in [3.05, 3.63) is 58.8 Å². The number of anilines is 1. The molecule has 3 rings (SSSR count). The highest BCUT2D eigenvalue weighted by atomic mass is 35.5. The highest BCUT2D eigenvalue weighted by Crippen LogP contribution is 2.31. The molecule has 1 aromatic carbocycles. The van der Waals surface area contributed by atoms with Crippen LogP contribution in [0.2, 0.25) is 5.28 Å². The predicted molar refractivity (Wildman–Crippen MR) is 127 cm³/mol. The van der Waals surface area contributed by atoms with Gasteiger partial charge in [0.15, 0.2) is 5.69 Å². The number of benzene rings is 1. The summed E-state index contributed by atoms with van der Waals surface area (Å²) >= 11 is 4.69. The molecule has 0 aliphatic rings. The number of halogens is 4. The molecular weight excluding hydrogens is 489 g/mol. The monoisotopic (exact) mass is 514 g/mol. The number of nitrogens with one attached hydrogen (secondary N) is 2. The Bertz CT molecular complexity index is 1130. The van der Waals surface area contributed by atoms with Gasteiger partial charge in [0, 0.05) is 48.5 Å². The number of rotatable bonds is 7. The van der Waals surface area contributed by atoms with E-state index in [2.05, 4.69) is 25.0 Å². The molecule has 0 aliphatic carbocycles. The molecule has 2 heterocycles. The van der Waals surface area contributed by atoms with Gasteiger partial charge in [-0.25, -0.2) is 15.0 Å². The Morgan fingerprint density at radius 1 is 1.15 bits per heavy atom. The Kier molecular flexibility index (Phi) is 7.81. The maximum absolute atomic E-state index is 12.9. The molecule has 3 aromatic rings. The second kappa shape index (κ2) is 10.1. The van der Waals surface area contributed by atoms with Gasteiger partial charge in [0.05, 0.1) is 6.04 Å². The molecule has 7 nitrogen and oxygen atoms in total. The zero-order valence-electron chi connectivity index (χ0n) is 19.4. The van der Waals surface area contributed by atoms with Crippen molar-refractivity contribution in [3.8, 4) is 11.4 Å². The summed E-state index contributed by atoms with van der Waals surface area (Å²) in [4.78, 5) is 12.0. The zero-order valence-corrected chi connectivity index (χ0v) is 20.9. The number of aryl methyl sites for hydroxylation is 1. The smallest absolute Gasteiger partial charge is 0.434 e. The number of alkyl halides is 3. The molecule has 0 amide bonds. The van der Waals surface area contributed by atoms with Gasteiger partial charge in [-0.1, -0.05) is 24.3 Å². The average Bonchev–Trinajstić information content (AvgIpc) is 3.14. The minimum Gasteiger partial charge on any atom is -0.598 e. The summed E-state index contributed by atoms with van der Waals surface area (Å²) in [7, 11) is 1.52. The molecule has 34 heavy (non-hydrogen) atoms. The summed E-state index contributed by atoms with van der Waals surface area (Å²) < 4.78 is 55.3. The number of hydrogen-bond acceptors (Lipinski definition) is 6. The van der Waals surface area contributed by atoms with Crippen molar-refractivity contribution in [2.75, 3.05) is 5.32 Å². The molecule has 0 saturated heterocycles. The van der Waals surface area contributed by atoms with Gasteiger partial charge >= 0.3 is 6.18 Å². The Morgan fingerprint density at radius 2 is 1.79 bits per heavy atom. The van der Waals surface area contributed by atoms with Crippen LogP contribution >= 0.6 is 11.6 Å². The number of hydrogen-bond donors (Lipinski definition) is 2. The molecular formula is C22H26ClF3N6OS. The third-order valence-corrected chi connectivity index (χ3v) is 6.80. The van der Waals surface area contributed by atoms with Gasteiger partial charge in [-0.15, -0.1) is 4.72 Å². The van der Waals surface area contributed by atoms with Crippen LogP contribution < -0.4 is 10.0 Å². The van der Waals surface area contributed by atoms with Crippen molar-refractivity contribution in [2.45, 2.75) is 51.2 Å². The fourth-order valence-corrected chi connectivity index (χ4v) is 3.99. The molecule has 0 spiro atoms. The van der Waals surface area contributed by atoms with Crippen molar-refractivity contribution in [1.29, 1.82) is 0 Å². The van der Waals surface area contributed by atoms with Crippen LogP contribution in [0.3, 0.4) is 0 Å². The maximum Gasteiger partial charge on any atom is 0.434 e. The number of imidazole rings is 1. The maximum atomic E-state index is 12.9. The molecule has 2 N–H and O–H groups in total. The molecule has 12 heteroatoms. The van der Waals surface area contributed by atoms with E-state index >= 15 is 0 Å².